The van der Waals surface area contributed by atoms with Gasteiger partial charge in [-0.15, -0.1) is 11.7 Å². The maximum absolute atomic E-state index is 13.6. The summed E-state index contributed by atoms with van der Waals surface area (Å²) in [6, 6.07) is 7.12. The van der Waals surface area contributed by atoms with Crippen LogP contribution in [0.2, 0.25) is 0 Å². The topological polar surface area (TPSA) is 50.1 Å². The standard InChI is InChI=1S/C21H29FN6/c1-2-12-26-13-15-27(16-14-26)20(17-8-10-18(22)11-9-17)21-23-24-25-28(21)19-6-4-3-5-7-19/h2,8-11,19-20H,1,3-7,12-16H2. The molecule has 2 heterocycles. The van der Waals surface area contributed by atoms with Crippen LogP contribution in [0.3, 0.4) is 0 Å². The Labute approximate surface area is 166 Å². The third-order valence-corrected chi connectivity index (χ3v) is 6.03. The van der Waals surface area contributed by atoms with Crippen LogP contribution in [0.15, 0.2) is 36.9 Å². The third-order valence-electron chi connectivity index (χ3n) is 6.03. The maximum Gasteiger partial charge on any atom is 0.173 e. The predicted octanol–water partition coefficient (Wildman–Crippen LogP) is 3.21. The molecule has 28 heavy (non-hydrogen) atoms. The normalized spacial score (nSPS) is 20.9. The van der Waals surface area contributed by atoms with Gasteiger partial charge in [0.1, 0.15) is 5.82 Å². The fraction of sp³-hybridized carbons (Fsp3) is 0.571. The first-order chi connectivity index (χ1) is 13.8. The molecule has 1 aliphatic heterocycles. The van der Waals surface area contributed by atoms with Gasteiger partial charge >= 0.3 is 0 Å². The van der Waals surface area contributed by atoms with Gasteiger partial charge in [-0.05, 0) is 41.0 Å². The van der Waals surface area contributed by atoms with E-state index in [1.165, 1.54) is 31.4 Å². The number of rotatable bonds is 6. The molecule has 0 spiro atoms. The Morgan fingerprint density at radius 3 is 2.46 bits per heavy atom. The Kier molecular flexibility index (Phi) is 6.12. The predicted molar refractivity (Wildman–Crippen MR) is 106 cm³/mol. The van der Waals surface area contributed by atoms with Crippen molar-refractivity contribution < 1.29 is 4.39 Å². The number of nitrogens with zero attached hydrogens (tertiary/aromatic N) is 6. The van der Waals surface area contributed by atoms with Crippen molar-refractivity contribution in [3.63, 3.8) is 0 Å². The van der Waals surface area contributed by atoms with Crippen LogP contribution in [0.25, 0.3) is 0 Å². The van der Waals surface area contributed by atoms with E-state index < -0.39 is 0 Å². The molecule has 1 saturated carbocycles. The van der Waals surface area contributed by atoms with Gasteiger partial charge in [-0.1, -0.05) is 37.5 Å². The van der Waals surface area contributed by atoms with E-state index in [1.54, 1.807) is 0 Å². The third kappa shape index (κ3) is 4.15. The highest BCUT2D eigenvalue weighted by Crippen LogP contribution is 2.33. The molecular formula is C21H29FN6. The molecule has 4 rings (SSSR count). The molecule has 2 fully saturated rings. The van der Waals surface area contributed by atoms with Gasteiger partial charge in [-0.2, -0.15) is 0 Å². The van der Waals surface area contributed by atoms with Gasteiger partial charge in [-0.3, -0.25) is 9.80 Å². The zero-order valence-electron chi connectivity index (χ0n) is 16.4. The minimum atomic E-state index is -0.217. The molecule has 2 aliphatic rings. The van der Waals surface area contributed by atoms with Gasteiger partial charge in [-0.25, -0.2) is 9.07 Å². The molecule has 150 valence electrons. The van der Waals surface area contributed by atoms with Crippen molar-refractivity contribution >= 4 is 0 Å². The molecule has 6 nitrogen and oxygen atoms in total. The van der Waals surface area contributed by atoms with Crippen molar-refractivity contribution in [1.29, 1.82) is 0 Å². The Bertz CT molecular complexity index is 759. The Hall–Kier alpha value is -2.12. The first-order valence-electron chi connectivity index (χ1n) is 10.4. The van der Waals surface area contributed by atoms with Crippen molar-refractivity contribution in [2.75, 3.05) is 32.7 Å². The number of hydrogen-bond donors (Lipinski definition) is 0. The molecule has 0 N–H and O–H groups in total. The van der Waals surface area contributed by atoms with E-state index in [4.69, 9.17) is 0 Å². The smallest absolute Gasteiger partial charge is 0.173 e. The number of tetrazole rings is 1. The zero-order valence-corrected chi connectivity index (χ0v) is 16.4. The van der Waals surface area contributed by atoms with E-state index in [0.717, 1.165) is 57.0 Å². The first-order valence-corrected chi connectivity index (χ1v) is 10.4. The summed E-state index contributed by atoms with van der Waals surface area (Å²) in [6.07, 6.45) is 7.96. The summed E-state index contributed by atoms with van der Waals surface area (Å²) in [7, 11) is 0. The van der Waals surface area contributed by atoms with Crippen molar-refractivity contribution in [3.8, 4) is 0 Å². The number of hydrogen-bond acceptors (Lipinski definition) is 5. The van der Waals surface area contributed by atoms with E-state index in [-0.39, 0.29) is 11.9 Å². The van der Waals surface area contributed by atoms with Crippen LogP contribution < -0.4 is 0 Å². The molecule has 1 aromatic carbocycles. The summed E-state index contributed by atoms with van der Waals surface area (Å²) in [4.78, 5) is 4.83. The van der Waals surface area contributed by atoms with Crippen LogP contribution in [0, 0.1) is 5.82 Å². The molecule has 0 amide bonds. The average molecular weight is 385 g/mol. The van der Waals surface area contributed by atoms with Crippen LogP contribution in [0.4, 0.5) is 4.39 Å². The Balaban J connectivity index is 1.64. The highest BCUT2D eigenvalue weighted by molar-refractivity contribution is 5.25. The summed E-state index contributed by atoms with van der Waals surface area (Å²) < 4.78 is 15.6. The second-order valence-corrected chi connectivity index (χ2v) is 7.85. The highest BCUT2D eigenvalue weighted by atomic mass is 19.1. The number of piperazine rings is 1. The molecule has 1 unspecified atom stereocenters. The molecule has 0 bridgehead atoms. The molecule has 1 aliphatic carbocycles. The van der Waals surface area contributed by atoms with Gasteiger partial charge in [0, 0.05) is 32.7 Å². The van der Waals surface area contributed by atoms with Gasteiger partial charge in [0.2, 0.25) is 0 Å². The van der Waals surface area contributed by atoms with Crippen LogP contribution in [-0.4, -0.2) is 62.7 Å². The van der Waals surface area contributed by atoms with Crippen molar-refractivity contribution in [2.24, 2.45) is 0 Å². The van der Waals surface area contributed by atoms with Crippen LogP contribution in [0.1, 0.15) is 55.6 Å². The fourth-order valence-electron chi connectivity index (χ4n) is 4.52. The number of halogens is 1. The molecule has 0 radical (unpaired) electrons. The average Bonchev–Trinajstić information content (AvgIpc) is 3.21. The molecule has 7 heteroatoms. The summed E-state index contributed by atoms with van der Waals surface area (Å²) in [5.41, 5.74) is 1.05. The van der Waals surface area contributed by atoms with E-state index in [2.05, 4.69) is 31.9 Å². The number of aromatic nitrogens is 4. The molecule has 1 saturated heterocycles. The van der Waals surface area contributed by atoms with Gasteiger partial charge in [0.25, 0.3) is 0 Å². The molecule has 2 aromatic rings. The van der Waals surface area contributed by atoms with Gasteiger partial charge in [0.15, 0.2) is 5.82 Å². The van der Waals surface area contributed by atoms with Gasteiger partial charge in [0.05, 0.1) is 12.1 Å². The minimum absolute atomic E-state index is 0.0524. The lowest BCUT2D eigenvalue weighted by molar-refractivity contribution is 0.111. The van der Waals surface area contributed by atoms with Crippen molar-refractivity contribution in [1.82, 2.24) is 30.0 Å². The van der Waals surface area contributed by atoms with Crippen LogP contribution >= 0.6 is 0 Å². The lowest BCUT2D eigenvalue weighted by Gasteiger charge is -2.39. The monoisotopic (exact) mass is 384 g/mol. The Morgan fingerprint density at radius 1 is 1.07 bits per heavy atom. The van der Waals surface area contributed by atoms with Crippen LogP contribution in [-0.2, 0) is 0 Å². The quantitative estimate of drug-likeness (QED) is 0.716. The second-order valence-electron chi connectivity index (χ2n) is 7.85. The van der Waals surface area contributed by atoms with Crippen LogP contribution in [0.5, 0.6) is 0 Å². The maximum atomic E-state index is 13.6. The lowest BCUT2D eigenvalue weighted by atomic mass is 9.95. The van der Waals surface area contributed by atoms with Crippen molar-refractivity contribution in [3.05, 3.63) is 54.1 Å². The molecule has 1 aromatic heterocycles. The fourth-order valence-corrected chi connectivity index (χ4v) is 4.52. The summed E-state index contributed by atoms with van der Waals surface area (Å²) in [5, 5.41) is 12.9. The largest absolute Gasteiger partial charge is 0.297 e. The van der Waals surface area contributed by atoms with E-state index >= 15 is 0 Å². The number of benzene rings is 1. The van der Waals surface area contributed by atoms with E-state index in [9.17, 15) is 4.39 Å². The Morgan fingerprint density at radius 2 is 1.79 bits per heavy atom. The molecular weight excluding hydrogens is 355 g/mol. The highest BCUT2D eigenvalue weighted by Gasteiger charge is 2.32. The summed E-state index contributed by atoms with van der Waals surface area (Å²) in [5.74, 6) is 0.667. The van der Waals surface area contributed by atoms with E-state index in [0.29, 0.717) is 6.04 Å². The SMILES string of the molecule is C=CCN1CCN(C(c2ccc(F)cc2)c2nnnn2C2CCCCC2)CC1. The summed E-state index contributed by atoms with van der Waals surface area (Å²) in [6.45, 7) is 8.57. The molecule has 1 atom stereocenters. The lowest BCUT2D eigenvalue weighted by Crippen LogP contribution is -2.48. The summed E-state index contributed by atoms with van der Waals surface area (Å²) >= 11 is 0. The van der Waals surface area contributed by atoms with Crippen molar-refractivity contribution in [2.45, 2.75) is 44.2 Å². The van der Waals surface area contributed by atoms with E-state index in [1.807, 2.05) is 22.9 Å². The second kappa shape index (κ2) is 8.92. The first kappa shape index (κ1) is 19.2. The zero-order chi connectivity index (χ0) is 19.3. The minimum Gasteiger partial charge on any atom is -0.297 e. The van der Waals surface area contributed by atoms with Gasteiger partial charge < -0.3 is 0 Å².